The van der Waals surface area contributed by atoms with Crippen LogP contribution in [-0.4, -0.2) is 9.97 Å². The number of aromatic nitrogens is 2. The molecule has 5 nitrogen and oxygen atoms in total. The maximum absolute atomic E-state index is 13.2. The van der Waals surface area contributed by atoms with Crippen LogP contribution in [0.1, 0.15) is 25.6 Å². The number of ether oxygens (including phenoxy) is 1. The van der Waals surface area contributed by atoms with Crippen molar-refractivity contribution in [2.75, 3.05) is 5.43 Å². The third-order valence-electron chi connectivity index (χ3n) is 2.49. The number of benzene rings is 1. The predicted octanol–water partition coefficient (Wildman–Crippen LogP) is 3.47. The molecule has 7 heteroatoms. The number of nitrogens with one attached hydrogen (secondary N) is 1. The zero-order valence-corrected chi connectivity index (χ0v) is 11.8. The first kappa shape index (κ1) is 14.5. The molecular formula is C13H14ClFN4O. The second-order valence-corrected chi connectivity index (χ2v) is 4.83. The molecule has 0 bridgehead atoms. The molecule has 1 heterocycles. The molecule has 106 valence electrons. The normalized spacial score (nSPS) is 10.7. The van der Waals surface area contributed by atoms with Crippen LogP contribution in [0.4, 0.5) is 10.2 Å². The first-order valence-electron chi connectivity index (χ1n) is 5.98. The van der Waals surface area contributed by atoms with Crippen LogP contribution in [0, 0.1) is 5.82 Å². The maximum Gasteiger partial charge on any atom is 0.224 e. The number of anilines is 1. The van der Waals surface area contributed by atoms with Gasteiger partial charge in [-0.1, -0.05) is 25.4 Å². The molecule has 2 rings (SSSR count). The van der Waals surface area contributed by atoms with Gasteiger partial charge in [-0.3, -0.25) is 0 Å². The van der Waals surface area contributed by atoms with Crippen LogP contribution >= 0.6 is 11.6 Å². The molecule has 20 heavy (non-hydrogen) atoms. The van der Waals surface area contributed by atoms with Gasteiger partial charge in [0, 0.05) is 18.1 Å². The highest BCUT2D eigenvalue weighted by atomic mass is 35.5. The summed E-state index contributed by atoms with van der Waals surface area (Å²) in [6.45, 7) is 3.88. The number of hydrazine groups is 1. The van der Waals surface area contributed by atoms with Gasteiger partial charge in [-0.05, 0) is 12.1 Å². The number of rotatable bonds is 4. The molecule has 0 unspecified atom stereocenters. The van der Waals surface area contributed by atoms with Gasteiger partial charge >= 0.3 is 0 Å². The Hall–Kier alpha value is -1.92. The fraction of sp³-hybridized carbons (Fsp3) is 0.231. The van der Waals surface area contributed by atoms with Crippen LogP contribution < -0.4 is 16.0 Å². The van der Waals surface area contributed by atoms with Crippen molar-refractivity contribution in [3.63, 3.8) is 0 Å². The van der Waals surface area contributed by atoms with Gasteiger partial charge in [0.25, 0.3) is 0 Å². The van der Waals surface area contributed by atoms with E-state index in [2.05, 4.69) is 15.4 Å². The zero-order chi connectivity index (χ0) is 14.7. The number of nitrogen functional groups attached to an aromatic ring is 1. The third-order valence-corrected chi connectivity index (χ3v) is 2.80. The summed E-state index contributed by atoms with van der Waals surface area (Å²) < 4.78 is 18.7. The molecule has 0 fully saturated rings. The van der Waals surface area contributed by atoms with E-state index in [0.29, 0.717) is 16.7 Å². The summed E-state index contributed by atoms with van der Waals surface area (Å²) in [6, 6.07) is 5.36. The summed E-state index contributed by atoms with van der Waals surface area (Å²) in [6.07, 6.45) is 0. The van der Waals surface area contributed by atoms with Crippen molar-refractivity contribution >= 4 is 17.4 Å². The van der Waals surface area contributed by atoms with E-state index in [4.69, 9.17) is 22.2 Å². The number of halogens is 2. The fourth-order valence-electron chi connectivity index (χ4n) is 1.50. The predicted molar refractivity (Wildman–Crippen MR) is 75.4 cm³/mol. The molecular weight excluding hydrogens is 283 g/mol. The van der Waals surface area contributed by atoms with Crippen molar-refractivity contribution in [2.45, 2.75) is 19.8 Å². The highest BCUT2D eigenvalue weighted by Crippen LogP contribution is 2.30. The number of nitrogens with zero attached hydrogens (tertiary/aromatic N) is 2. The second kappa shape index (κ2) is 6.02. The Labute approximate surface area is 120 Å². The van der Waals surface area contributed by atoms with Crippen molar-refractivity contribution in [3.05, 3.63) is 40.9 Å². The monoisotopic (exact) mass is 296 g/mol. The molecule has 0 spiro atoms. The summed E-state index contributed by atoms with van der Waals surface area (Å²) in [5.74, 6) is 6.39. The molecule has 0 saturated carbocycles. The average Bonchev–Trinajstić information content (AvgIpc) is 2.42. The molecule has 0 aliphatic rings. The van der Waals surface area contributed by atoms with E-state index >= 15 is 0 Å². The molecule has 0 aliphatic carbocycles. The van der Waals surface area contributed by atoms with E-state index in [9.17, 15) is 4.39 Å². The summed E-state index contributed by atoms with van der Waals surface area (Å²) in [7, 11) is 0. The minimum Gasteiger partial charge on any atom is -0.437 e. The van der Waals surface area contributed by atoms with Gasteiger partial charge in [-0.25, -0.2) is 15.2 Å². The summed E-state index contributed by atoms with van der Waals surface area (Å²) >= 11 is 5.95. The average molecular weight is 297 g/mol. The topological polar surface area (TPSA) is 73.1 Å². The SMILES string of the molecule is CC(C)c1nc(NN)cc(Oc2cc(F)ccc2Cl)n1. The van der Waals surface area contributed by atoms with Crippen molar-refractivity contribution in [2.24, 2.45) is 5.84 Å². The molecule has 0 radical (unpaired) electrons. The van der Waals surface area contributed by atoms with Crippen LogP contribution in [0.25, 0.3) is 0 Å². The Morgan fingerprint density at radius 1 is 1.30 bits per heavy atom. The van der Waals surface area contributed by atoms with Crippen LogP contribution in [0.15, 0.2) is 24.3 Å². The van der Waals surface area contributed by atoms with Crippen molar-refractivity contribution in [3.8, 4) is 11.6 Å². The molecule has 0 aliphatic heterocycles. The molecule has 0 atom stereocenters. The maximum atomic E-state index is 13.2. The van der Waals surface area contributed by atoms with E-state index < -0.39 is 5.82 Å². The lowest BCUT2D eigenvalue weighted by molar-refractivity contribution is 0.453. The van der Waals surface area contributed by atoms with Gasteiger partial charge in [-0.2, -0.15) is 4.98 Å². The second-order valence-electron chi connectivity index (χ2n) is 4.43. The Balaban J connectivity index is 2.37. The number of nitrogens with two attached hydrogens (primary N) is 1. The highest BCUT2D eigenvalue weighted by molar-refractivity contribution is 6.32. The summed E-state index contributed by atoms with van der Waals surface area (Å²) in [4.78, 5) is 8.44. The van der Waals surface area contributed by atoms with Crippen LogP contribution in [0.5, 0.6) is 11.6 Å². The van der Waals surface area contributed by atoms with Gasteiger partial charge in [0.15, 0.2) is 5.75 Å². The third kappa shape index (κ3) is 3.34. The van der Waals surface area contributed by atoms with E-state index in [-0.39, 0.29) is 17.5 Å². The lowest BCUT2D eigenvalue weighted by Crippen LogP contribution is -2.11. The summed E-state index contributed by atoms with van der Waals surface area (Å²) in [5.41, 5.74) is 2.44. The molecule has 1 aromatic heterocycles. The molecule has 0 amide bonds. The lowest BCUT2D eigenvalue weighted by Gasteiger charge is -2.11. The standard InChI is InChI=1S/C13H14ClFN4O/c1-7(2)13-17-11(19-16)6-12(18-13)20-10-5-8(15)3-4-9(10)14/h3-7H,16H2,1-2H3,(H,17,18,19). The van der Waals surface area contributed by atoms with E-state index in [0.717, 1.165) is 0 Å². The van der Waals surface area contributed by atoms with Gasteiger partial charge < -0.3 is 10.2 Å². The van der Waals surface area contributed by atoms with Crippen LogP contribution in [-0.2, 0) is 0 Å². The molecule has 3 N–H and O–H groups in total. The number of hydrogen-bond acceptors (Lipinski definition) is 5. The molecule has 0 saturated heterocycles. The molecule has 1 aromatic carbocycles. The Bertz CT molecular complexity index is 621. The lowest BCUT2D eigenvalue weighted by atomic mass is 10.2. The highest BCUT2D eigenvalue weighted by Gasteiger charge is 2.11. The van der Waals surface area contributed by atoms with E-state index in [1.165, 1.54) is 24.3 Å². The first-order chi connectivity index (χ1) is 9.49. The zero-order valence-electron chi connectivity index (χ0n) is 11.0. The first-order valence-corrected chi connectivity index (χ1v) is 6.36. The van der Waals surface area contributed by atoms with Crippen molar-refractivity contribution in [1.82, 2.24) is 9.97 Å². The minimum atomic E-state index is -0.445. The fourth-order valence-corrected chi connectivity index (χ4v) is 1.65. The van der Waals surface area contributed by atoms with Crippen LogP contribution in [0.2, 0.25) is 5.02 Å². The number of hydrogen-bond donors (Lipinski definition) is 2. The van der Waals surface area contributed by atoms with Gasteiger partial charge in [0.05, 0.1) is 5.02 Å². The largest absolute Gasteiger partial charge is 0.437 e. The van der Waals surface area contributed by atoms with Gasteiger partial charge in [0.1, 0.15) is 17.5 Å². The van der Waals surface area contributed by atoms with E-state index in [1.807, 2.05) is 13.8 Å². The van der Waals surface area contributed by atoms with Crippen molar-refractivity contribution in [1.29, 1.82) is 0 Å². The Morgan fingerprint density at radius 2 is 2.05 bits per heavy atom. The quantitative estimate of drug-likeness (QED) is 0.667. The summed E-state index contributed by atoms with van der Waals surface area (Å²) in [5, 5.41) is 0.290. The van der Waals surface area contributed by atoms with E-state index in [1.54, 1.807) is 0 Å². The van der Waals surface area contributed by atoms with Crippen molar-refractivity contribution < 1.29 is 9.13 Å². The minimum absolute atomic E-state index is 0.0913. The van der Waals surface area contributed by atoms with Gasteiger partial charge in [0.2, 0.25) is 5.88 Å². The Morgan fingerprint density at radius 3 is 2.70 bits per heavy atom. The molecule has 2 aromatic rings. The Kier molecular flexibility index (Phi) is 4.36. The van der Waals surface area contributed by atoms with Crippen LogP contribution in [0.3, 0.4) is 0 Å². The smallest absolute Gasteiger partial charge is 0.224 e. The van der Waals surface area contributed by atoms with Gasteiger partial charge in [-0.15, -0.1) is 0 Å².